The van der Waals surface area contributed by atoms with Crippen LogP contribution in [0.1, 0.15) is 0 Å². The molecule has 0 aromatic heterocycles. The van der Waals surface area contributed by atoms with Crippen molar-refractivity contribution >= 4 is 7.60 Å². The van der Waals surface area contributed by atoms with Crippen molar-refractivity contribution in [1.29, 1.82) is 0 Å². The predicted molar refractivity (Wildman–Crippen MR) is 98.7 cm³/mol. The summed E-state index contributed by atoms with van der Waals surface area (Å²) in [4.78, 5) is 0. The largest absolute Gasteiger partial charge is 0.466 e. The Labute approximate surface area is 153 Å². The Morgan fingerprint density at radius 3 is 1.58 bits per heavy atom. The first kappa shape index (κ1) is 21.2. The highest BCUT2D eigenvalue weighted by Gasteiger charge is 2.25. The van der Waals surface area contributed by atoms with Crippen LogP contribution in [-0.2, 0) is 13.6 Å². The van der Waals surface area contributed by atoms with E-state index >= 15 is 0 Å². The van der Waals surface area contributed by atoms with E-state index in [9.17, 15) is 4.57 Å². The van der Waals surface area contributed by atoms with Crippen LogP contribution >= 0.6 is 7.60 Å². The van der Waals surface area contributed by atoms with Crippen molar-refractivity contribution in [1.82, 2.24) is 5.32 Å². The Morgan fingerprint density at radius 2 is 1.08 bits per heavy atom. The fourth-order valence-corrected chi connectivity index (χ4v) is 1.60. The topological polar surface area (TPSA) is 47.6 Å². The predicted octanol–water partition coefficient (Wildman–Crippen LogP) is 0.556. The van der Waals surface area contributed by atoms with Crippen molar-refractivity contribution in [3.8, 4) is 120 Å². The molecule has 0 aromatic rings. The van der Waals surface area contributed by atoms with E-state index in [1.165, 1.54) is 0 Å². The molecule has 0 aliphatic heterocycles. The monoisotopic (exact) mass is 351 g/mol. The summed E-state index contributed by atoms with van der Waals surface area (Å²) in [5, 5.41) is 2.48. The molecule has 0 heterocycles. The SMILES string of the molecule is C#CC#CC#CC#CNCP(=O)(OC#CC#CC#C)OC#CC#CC#C. The Kier molecular flexibility index (Phi) is 12.4. The number of hydrogen-bond acceptors (Lipinski definition) is 4. The molecule has 0 amide bonds. The second-order valence-electron chi connectivity index (χ2n) is 3.27. The highest BCUT2D eigenvalue weighted by atomic mass is 31.2. The summed E-state index contributed by atoms with van der Waals surface area (Å²) in [6.07, 6.45) is 18.6. The van der Waals surface area contributed by atoms with Crippen LogP contribution in [0.2, 0.25) is 0 Å². The molecule has 0 bridgehead atoms. The molecule has 4 nitrogen and oxygen atoms in total. The van der Waals surface area contributed by atoms with Gasteiger partial charge in [0.15, 0.2) is 0 Å². The lowest BCUT2D eigenvalue weighted by Crippen LogP contribution is -2.10. The van der Waals surface area contributed by atoms with Gasteiger partial charge in [0.2, 0.25) is 0 Å². The number of rotatable bonds is 4. The maximum Gasteiger partial charge on any atom is 0.466 e. The highest BCUT2D eigenvalue weighted by Crippen LogP contribution is 2.46. The molecule has 0 aliphatic carbocycles. The Hall–Kier alpha value is -4.77. The minimum atomic E-state index is -3.79. The van der Waals surface area contributed by atoms with Crippen LogP contribution in [0.15, 0.2) is 0 Å². The fourth-order valence-electron chi connectivity index (χ4n) is 0.795. The van der Waals surface area contributed by atoms with Crippen LogP contribution in [0.25, 0.3) is 0 Å². The summed E-state index contributed by atoms with van der Waals surface area (Å²) in [7, 11) is -3.79. The van der Waals surface area contributed by atoms with Crippen LogP contribution < -0.4 is 5.32 Å². The minimum Gasteiger partial charge on any atom is -0.360 e. The highest BCUT2D eigenvalue weighted by molar-refractivity contribution is 7.54. The summed E-state index contributed by atoms with van der Waals surface area (Å²) in [6.45, 7) is 0. The standard InChI is InChI=1S/C21H6NO3P/c1-4-7-10-13-14-15-18-22-21-26(23,24-19-16-11-8-5-2)25-20-17-12-9-6-3/h1-3,22H,21H2. The van der Waals surface area contributed by atoms with Gasteiger partial charge in [-0.15, -0.1) is 19.3 Å². The van der Waals surface area contributed by atoms with Crippen LogP contribution in [-0.4, -0.2) is 6.29 Å². The van der Waals surface area contributed by atoms with Gasteiger partial charge in [-0.05, 0) is 41.4 Å². The molecular weight excluding hydrogens is 345 g/mol. The Balaban J connectivity index is 5.01. The third-order valence-electron chi connectivity index (χ3n) is 1.61. The van der Waals surface area contributed by atoms with E-state index in [-0.39, 0.29) is 6.29 Å². The van der Waals surface area contributed by atoms with Crippen LogP contribution in [0, 0.1) is 120 Å². The van der Waals surface area contributed by atoms with Gasteiger partial charge in [-0.2, -0.15) is 0 Å². The van der Waals surface area contributed by atoms with Crippen LogP contribution in [0.5, 0.6) is 0 Å². The first-order valence-electron chi connectivity index (χ1n) is 6.24. The van der Waals surface area contributed by atoms with Gasteiger partial charge in [0.25, 0.3) is 0 Å². The third kappa shape index (κ3) is 12.9. The molecule has 0 radical (unpaired) electrons. The summed E-state index contributed by atoms with van der Waals surface area (Å²) < 4.78 is 22.1. The van der Waals surface area contributed by atoms with E-state index in [1.54, 1.807) is 0 Å². The fraction of sp³-hybridized carbons (Fsp3) is 0.0476. The van der Waals surface area contributed by atoms with Crippen molar-refractivity contribution in [3.05, 3.63) is 0 Å². The lowest BCUT2D eigenvalue weighted by molar-refractivity contribution is 0.352. The van der Waals surface area contributed by atoms with Crippen LogP contribution in [0.3, 0.4) is 0 Å². The van der Waals surface area contributed by atoms with E-state index in [1.807, 2.05) is 11.8 Å². The van der Waals surface area contributed by atoms with E-state index in [0.717, 1.165) is 0 Å². The molecule has 0 atom stereocenters. The molecule has 0 unspecified atom stereocenters. The minimum absolute atomic E-state index is 0.341. The molecule has 0 saturated carbocycles. The summed E-state index contributed by atoms with van der Waals surface area (Å²) in [6, 6.07) is 2.41. The molecule has 0 saturated heterocycles. The number of hydrogen-bond donors (Lipinski definition) is 1. The maximum atomic E-state index is 12.4. The zero-order chi connectivity index (χ0) is 19.3. The first-order valence-corrected chi connectivity index (χ1v) is 7.97. The first-order chi connectivity index (χ1) is 12.7. The number of terminal acetylenes is 3. The van der Waals surface area contributed by atoms with Gasteiger partial charge in [0.1, 0.15) is 18.5 Å². The zero-order valence-corrected chi connectivity index (χ0v) is 14.0. The molecule has 0 spiro atoms. The maximum absolute atomic E-state index is 12.4. The zero-order valence-electron chi connectivity index (χ0n) is 13.1. The van der Waals surface area contributed by atoms with E-state index < -0.39 is 7.60 Å². The lowest BCUT2D eigenvalue weighted by Gasteiger charge is -2.10. The van der Waals surface area contributed by atoms with E-state index in [4.69, 9.17) is 28.3 Å². The van der Waals surface area contributed by atoms with Crippen molar-refractivity contribution < 1.29 is 13.6 Å². The quantitative estimate of drug-likeness (QED) is 0.457. The van der Waals surface area contributed by atoms with Gasteiger partial charge in [0.05, 0.1) is 0 Å². The van der Waals surface area contributed by atoms with Crippen LogP contribution in [0.4, 0.5) is 0 Å². The van der Waals surface area contributed by atoms with Gasteiger partial charge in [-0.1, -0.05) is 0 Å². The Bertz CT molecular complexity index is 1080. The molecule has 26 heavy (non-hydrogen) atoms. The molecule has 1 N–H and O–H groups in total. The molecule has 118 valence electrons. The molecular formula is C21H6NO3P. The normalized spacial score (nSPS) is 6.04. The molecule has 0 aromatic carbocycles. The molecule has 0 rings (SSSR count). The van der Waals surface area contributed by atoms with Crippen molar-refractivity contribution in [2.75, 3.05) is 6.29 Å². The second kappa shape index (κ2) is 15.1. The lowest BCUT2D eigenvalue weighted by atomic mass is 10.5. The summed E-state index contributed by atoms with van der Waals surface area (Å²) >= 11 is 0. The van der Waals surface area contributed by atoms with E-state index in [2.05, 4.69) is 94.6 Å². The van der Waals surface area contributed by atoms with Gasteiger partial charge < -0.3 is 14.4 Å². The molecule has 0 aliphatic rings. The summed E-state index contributed by atoms with van der Waals surface area (Å²) in [5.41, 5.74) is 0. The van der Waals surface area contributed by atoms with Crippen molar-refractivity contribution in [2.45, 2.75) is 0 Å². The average molecular weight is 351 g/mol. The third-order valence-corrected chi connectivity index (χ3v) is 2.90. The van der Waals surface area contributed by atoms with Gasteiger partial charge in [-0.3, -0.25) is 0 Å². The smallest absolute Gasteiger partial charge is 0.360 e. The second-order valence-corrected chi connectivity index (χ2v) is 5.17. The van der Waals surface area contributed by atoms with Crippen molar-refractivity contribution in [3.63, 3.8) is 0 Å². The number of nitrogens with one attached hydrogen (secondary N) is 1. The summed E-state index contributed by atoms with van der Waals surface area (Å²) in [5.74, 6) is 31.5. The van der Waals surface area contributed by atoms with Crippen molar-refractivity contribution in [2.24, 2.45) is 0 Å². The van der Waals surface area contributed by atoms with Gasteiger partial charge in [-0.25, -0.2) is 4.57 Å². The molecule has 5 heteroatoms. The van der Waals surface area contributed by atoms with Gasteiger partial charge in [0, 0.05) is 47.5 Å². The van der Waals surface area contributed by atoms with E-state index in [0.29, 0.717) is 0 Å². The van der Waals surface area contributed by atoms with Gasteiger partial charge >= 0.3 is 7.60 Å². The molecule has 0 fully saturated rings. The average Bonchev–Trinajstić information content (AvgIpc) is 2.64. The Morgan fingerprint density at radius 1 is 0.654 bits per heavy atom.